The van der Waals surface area contributed by atoms with Crippen molar-refractivity contribution in [2.75, 3.05) is 19.6 Å². The van der Waals surface area contributed by atoms with E-state index < -0.39 is 6.09 Å². The van der Waals surface area contributed by atoms with Crippen LogP contribution in [-0.4, -0.2) is 35.7 Å². The Bertz CT molecular complexity index is 130. The van der Waals surface area contributed by atoms with E-state index in [2.05, 4.69) is 6.58 Å². The first-order chi connectivity index (χ1) is 4.72. The first-order valence-corrected chi connectivity index (χ1v) is 3.01. The fourth-order valence-electron chi connectivity index (χ4n) is 0.577. The molecule has 0 rings (SSSR count). The third-order valence-corrected chi connectivity index (χ3v) is 1.02. The maximum absolute atomic E-state index is 10.3. The molecule has 0 saturated heterocycles. The Kier molecular flexibility index (Phi) is 8.64. The van der Waals surface area contributed by atoms with Gasteiger partial charge in [-0.15, -0.1) is 19.0 Å². The molecule has 0 saturated carbocycles. The van der Waals surface area contributed by atoms with Crippen molar-refractivity contribution in [1.29, 1.82) is 0 Å². The summed E-state index contributed by atoms with van der Waals surface area (Å²) < 4.78 is 0. The molecular weight excluding hydrogens is 168 g/mol. The van der Waals surface area contributed by atoms with E-state index in [-0.39, 0.29) is 12.4 Å². The lowest BCUT2D eigenvalue weighted by Crippen LogP contribution is -2.34. The Morgan fingerprint density at radius 3 is 2.55 bits per heavy atom. The minimum Gasteiger partial charge on any atom is -0.465 e. The van der Waals surface area contributed by atoms with Crippen molar-refractivity contribution in [2.45, 2.75) is 0 Å². The van der Waals surface area contributed by atoms with Gasteiger partial charge in [0, 0.05) is 19.6 Å². The predicted octanol–water partition coefficient (Wildman–Crippen LogP) is 0.533. The van der Waals surface area contributed by atoms with Gasteiger partial charge in [-0.3, -0.25) is 0 Å². The average Bonchev–Trinajstić information content (AvgIpc) is 1.87. The molecule has 0 aliphatic rings. The van der Waals surface area contributed by atoms with Crippen molar-refractivity contribution in [3.05, 3.63) is 12.7 Å². The molecule has 4 nitrogen and oxygen atoms in total. The van der Waals surface area contributed by atoms with E-state index in [9.17, 15) is 4.79 Å². The fraction of sp³-hybridized carbons (Fsp3) is 0.500. The van der Waals surface area contributed by atoms with Crippen LogP contribution in [0.5, 0.6) is 0 Å². The smallest absolute Gasteiger partial charge is 0.407 e. The summed E-state index contributed by atoms with van der Waals surface area (Å²) in [6, 6.07) is 0. The van der Waals surface area contributed by atoms with Crippen molar-refractivity contribution in [3.8, 4) is 0 Å². The fourth-order valence-corrected chi connectivity index (χ4v) is 0.577. The van der Waals surface area contributed by atoms with Crippen LogP contribution in [-0.2, 0) is 0 Å². The molecule has 11 heavy (non-hydrogen) atoms. The lowest BCUT2D eigenvalue weighted by molar-refractivity contribution is 0.151. The maximum Gasteiger partial charge on any atom is 0.407 e. The van der Waals surface area contributed by atoms with Gasteiger partial charge in [0.25, 0.3) is 0 Å². The second-order valence-corrected chi connectivity index (χ2v) is 1.81. The molecule has 0 bridgehead atoms. The number of hydrogen-bond acceptors (Lipinski definition) is 2. The van der Waals surface area contributed by atoms with E-state index in [0.717, 1.165) is 0 Å². The van der Waals surface area contributed by atoms with E-state index >= 15 is 0 Å². The number of nitrogens with two attached hydrogens (primary N) is 1. The number of carbonyl (C=O) groups is 1. The van der Waals surface area contributed by atoms with E-state index in [0.29, 0.717) is 19.6 Å². The Balaban J connectivity index is 0. The van der Waals surface area contributed by atoms with Gasteiger partial charge in [0.1, 0.15) is 0 Å². The summed E-state index contributed by atoms with van der Waals surface area (Å²) in [6.07, 6.45) is 0.578. The highest BCUT2D eigenvalue weighted by atomic mass is 35.5. The third kappa shape index (κ3) is 5.69. The number of carboxylic acid groups (broad SMARTS) is 1. The maximum atomic E-state index is 10.3. The summed E-state index contributed by atoms with van der Waals surface area (Å²) >= 11 is 0. The van der Waals surface area contributed by atoms with Gasteiger partial charge >= 0.3 is 6.09 Å². The molecular formula is C6H13ClN2O2. The van der Waals surface area contributed by atoms with E-state index in [1.54, 1.807) is 0 Å². The lowest BCUT2D eigenvalue weighted by Gasteiger charge is -2.14. The quantitative estimate of drug-likeness (QED) is 0.621. The highest BCUT2D eigenvalue weighted by Gasteiger charge is 2.06. The molecule has 0 aromatic heterocycles. The topological polar surface area (TPSA) is 66.6 Å². The molecule has 0 spiro atoms. The molecule has 0 fully saturated rings. The first kappa shape index (κ1) is 12.9. The molecule has 5 heteroatoms. The second kappa shape index (κ2) is 7.37. The van der Waals surface area contributed by atoms with Gasteiger partial charge in [-0.25, -0.2) is 4.79 Å². The Labute approximate surface area is 72.1 Å². The zero-order valence-corrected chi connectivity index (χ0v) is 7.01. The van der Waals surface area contributed by atoms with Crippen LogP contribution in [0, 0.1) is 0 Å². The number of hydrogen-bond donors (Lipinski definition) is 2. The van der Waals surface area contributed by atoms with Gasteiger partial charge in [0.05, 0.1) is 0 Å². The molecule has 3 N–H and O–H groups in total. The van der Waals surface area contributed by atoms with Crippen molar-refractivity contribution in [1.82, 2.24) is 4.90 Å². The number of nitrogens with zero attached hydrogens (tertiary/aromatic N) is 1. The van der Waals surface area contributed by atoms with E-state index in [4.69, 9.17) is 10.8 Å². The Hall–Kier alpha value is -0.740. The average molecular weight is 181 g/mol. The molecule has 0 heterocycles. The van der Waals surface area contributed by atoms with Crippen molar-refractivity contribution < 1.29 is 9.90 Å². The Morgan fingerprint density at radius 2 is 2.27 bits per heavy atom. The van der Waals surface area contributed by atoms with Crippen LogP contribution >= 0.6 is 12.4 Å². The summed E-state index contributed by atoms with van der Waals surface area (Å²) in [4.78, 5) is 11.5. The van der Waals surface area contributed by atoms with Crippen LogP contribution < -0.4 is 5.73 Å². The predicted molar refractivity (Wildman–Crippen MR) is 46.1 cm³/mol. The summed E-state index contributed by atoms with van der Waals surface area (Å²) in [5.41, 5.74) is 5.16. The van der Waals surface area contributed by atoms with Crippen molar-refractivity contribution in [2.24, 2.45) is 5.73 Å². The molecule has 0 aliphatic carbocycles. The second-order valence-electron chi connectivity index (χ2n) is 1.81. The largest absolute Gasteiger partial charge is 0.465 e. The number of rotatable bonds is 4. The molecule has 0 radical (unpaired) electrons. The normalized spacial score (nSPS) is 8.09. The summed E-state index contributed by atoms with van der Waals surface area (Å²) in [5.74, 6) is 0. The van der Waals surface area contributed by atoms with Crippen LogP contribution in [0.4, 0.5) is 4.79 Å². The SMILES string of the molecule is C=CCN(CCN)C(=O)O.Cl. The van der Waals surface area contributed by atoms with Crippen LogP contribution in [0.25, 0.3) is 0 Å². The molecule has 0 unspecified atom stereocenters. The zero-order chi connectivity index (χ0) is 7.98. The van der Waals surface area contributed by atoms with Gasteiger partial charge in [-0.05, 0) is 0 Å². The van der Waals surface area contributed by atoms with E-state index in [1.807, 2.05) is 0 Å². The molecule has 0 aliphatic heterocycles. The Morgan fingerprint density at radius 1 is 1.73 bits per heavy atom. The number of amides is 1. The summed E-state index contributed by atoms with van der Waals surface area (Å²) in [7, 11) is 0. The minimum atomic E-state index is -0.953. The molecule has 0 aromatic rings. The van der Waals surface area contributed by atoms with Crippen LogP contribution in [0.15, 0.2) is 12.7 Å². The van der Waals surface area contributed by atoms with E-state index in [1.165, 1.54) is 11.0 Å². The minimum absolute atomic E-state index is 0. The van der Waals surface area contributed by atoms with Gasteiger partial charge < -0.3 is 15.7 Å². The monoisotopic (exact) mass is 180 g/mol. The molecule has 0 atom stereocenters. The van der Waals surface area contributed by atoms with Crippen LogP contribution in [0.1, 0.15) is 0 Å². The number of halogens is 1. The van der Waals surface area contributed by atoms with Crippen LogP contribution in [0.3, 0.4) is 0 Å². The third-order valence-electron chi connectivity index (χ3n) is 1.02. The van der Waals surface area contributed by atoms with Gasteiger partial charge in [-0.2, -0.15) is 0 Å². The zero-order valence-electron chi connectivity index (χ0n) is 6.19. The summed E-state index contributed by atoms with van der Waals surface area (Å²) in [6.45, 7) is 4.47. The van der Waals surface area contributed by atoms with Crippen LogP contribution in [0.2, 0.25) is 0 Å². The van der Waals surface area contributed by atoms with Crippen molar-refractivity contribution in [3.63, 3.8) is 0 Å². The highest BCUT2D eigenvalue weighted by Crippen LogP contribution is 1.86. The molecule has 66 valence electrons. The first-order valence-electron chi connectivity index (χ1n) is 3.01. The molecule has 0 aromatic carbocycles. The standard InChI is InChI=1S/C6H12N2O2.ClH/c1-2-4-8(5-3-7)6(9)10;/h2H,1,3-5,7H2,(H,9,10);1H. The van der Waals surface area contributed by atoms with Gasteiger partial charge in [-0.1, -0.05) is 6.08 Å². The molecule has 1 amide bonds. The van der Waals surface area contributed by atoms with Gasteiger partial charge in [0.2, 0.25) is 0 Å². The lowest BCUT2D eigenvalue weighted by atomic mass is 10.5. The van der Waals surface area contributed by atoms with Crippen molar-refractivity contribution >= 4 is 18.5 Å². The van der Waals surface area contributed by atoms with Gasteiger partial charge in [0.15, 0.2) is 0 Å². The summed E-state index contributed by atoms with van der Waals surface area (Å²) in [5, 5.41) is 8.46. The highest BCUT2D eigenvalue weighted by molar-refractivity contribution is 5.85.